The van der Waals surface area contributed by atoms with Crippen molar-refractivity contribution in [1.82, 2.24) is 15.4 Å². The van der Waals surface area contributed by atoms with E-state index in [1.165, 1.54) is 18.3 Å². The summed E-state index contributed by atoms with van der Waals surface area (Å²) in [4.78, 5) is 19.2. The highest BCUT2D eigenvalue weighted by Crippen LogP contribution is 2.41. The van der Waals surface area contributed by atoms with E-state index in [-0.39, 0.29) is 11.4 Å². The summed E-state index contributed by atoms with van der Waals surface area (Å²) in [5.74, 6) is 5.65. The van der Waals surface area contributed by atoms with E-state index < -0.39 is 23.2 Å². The lowest BCUT2D eigenvalue weighted by Crippen LogP contribution is -2.48. The molecule has 1 fully saturated rings. The fourth-order valence-corrected chi connectivity index (χ4v) is 5.42. The van der Waals surface area contributed by atoms with Crippen LogP contribution in [0.4, 0.5) is 4.39 Å². The van der Waals surface area contributed by atoms with Crippen molar-refractivity contribution in [2.45, 2.75) is 31.8 Å². The number of aliphatic hydroxyl groups is 1. The predicted molar refractivity (Wildman–Crippen MR) is 144 cm³/mol. The van der Waals surface area contributed by atoms with E-state index in [9.17, 15) is 19.5 Å². The number of nitrogens with zero attached hydrogens (tertiary/aromatic N) is 2. The molecule has 3 N–H and O–H groups in total. The van der Waals surface area contributed by atoms with Crippen LogP contribution >= 0.6 is 23.2 Å². The van der Waals surface area contributed by atoms with Gasteiger partial charge in [0.1, 0.15) is 11.6 Å². The Kier molecular flexibility index (Phi) is 9.08. The highest BCUT2D eigenvalue weighted by molar-refractivity contribution is 6.32. The van der Waals surface area contributed by atoms with Crippen LogP contribution in [-0.4, -0.2) is 52.8 Å². The van der Waals surface area contributed by atoms with Gasteiger partial charge in [-0.2, -0.15) is 0 Å². The summed E-state index contributed by atoms with van der Waals surface area (Å²) in [5.41, 5.74) is 2.65. The van der Waals surface area contributed by atoms with Gasteiger partial charge in [0.2, 0.25) is 5.91 Å². The number of hydrogen-bond donors (Lipinski definition) is 3. The molecule has 4 rings (SSSR count). The highest BCUT2D eigenvalue weighted by Gasteiger charge is 2.41. The van der Waals surface area contributed by atoms with E-state index in [0.717, 1.165) is 0 Å². The molecule has 0 unspecified atom stereocenters. The third-order valence-electron chi connectivity index (χ3n) is 7.09. The molecule has 1 aromatic heterocycles. The van der Waals surface area contributed by atoms with Gasteiger partial charge in [0.05, 0.1) is 35.7 Å². The highest BCUT2D eigenvalue weighted by atomic mass is 35.5. The Morgan fingerprint density at radius 3 is 2.71 bits per heavy atom. The Hall–Kier alpha value is -2.93. The number of aliphatic hydroxyl groups excluding tert-OH is 1. The van der Waals surface area contributed by atoms with Gasteiger partial charge in [-0.15, -0.1) is 0 Å². The van der Waals surface area contributed by atoms with Crippen LogP contribution in [0.1, 0.15) is 42.9 Å². The molecule has 2 aromatic carbocycles. The van der Waals surface area contributed by atoms with Gasteiger partial charge in [-0.25, -0.2) is 9.87 Å². The number of ether oxygens (including phenoxy) is 1. The van der Waals surface area contributed by atoms with Crippen molar-refractivity contribution < 1.29 is 24.2 Å². The van der Waals surface area contributed by atoms with Crippen LogP contribution in [0, 0.1) is 23.1 Å². The number of halogens is 3. The minimum Gasteiger partial charge on any atom is -0.497 e. The maximum Gasteiger partial charge on any atom is 0.249 e. The van der Waals surface area contributed by atoms with Gasteiger partial charge in [0.25, 0.3) is 0 Å². The van der Waals surface area contributed by atoms with E-state index in [4.69, 9.17) is 27.9 Å². The van der Waals surface area contributed by atoms with Crippen LogP contribution in [0.15, 0.2) is 42.6 Å². The minimum absolute atomic E-state index is 0.254. The van der Waals surface area contributed by atoms with Crippen molar-refractivity contribution in [3.8, 4) is 17.6 Å². The van der Waals surface area contributed by atoms with Crippen molar-refractivity contribution in [3.05, 3.63) is 69.6 Å². The molecule has 0 aliphatic carbocycles. The summed E-state index contributed by atoms with van der Waals surface area (Å²) in [6.45, 7) is 1.57. The summed E-state index contributed by atoms with van der Waals surface area (Å²) < 4.78 is 18.8. The van der Waals surface area contributed by atoms with Crippen molar-refractivity contribution in [2.75, 3.05) is 26.7 Å². The van der Waals surface area contributed by atoms with Crippen LogP contribution in [0.5, 0.6) is 5.75 Å². The van der Waals surface area contributed by atoms with Gasteiger partial charge in [-0.3, -0.25) is 19.9 Å². The Labute approximate surface area is 230 Å². The summed E-state index contributed by atoms with van der Waals surface area (Å²) in [6, 6.07) is 9.51. The van der Waals surface area contributed by atoms with E-state index in [1.54, 1.807) is 31.4 Å². The van der Waals surface area contributed by atoms with Crippen molar-refractivity contribution in [2.24, 2.45) is 5.41 Å². The zero-order valence-corrected chi connectivity index (χ0v) is 22.3. The van der Waals surface area contributed by atoms with Gasteiger partial charge in [0, 0.05) is 40.8 Å². The molecule has 1 aliphatic heterocycles. The van der Waals surface area contributed by atoms with Crippen LogP contribution in [0.25, 0.3) is 10.9 Å². The van der Waals surface area contributed by atoms with E-state index in [0.29, 0.717) is 71.7 Å². The molecular formula is C28H28Cl2FN3O4. The number of aromatic nitrogens is 1. The molecule has 0 radical (unpaired) electrons. The summed E-state index contributed by atoms with van der Waals surface area (Å²) >= 11 is 12.3. The summed E-state index contributed by atoms with van der Waals surface area (Å²) in [5, 5.41) is 21.9. The number of hydroxylamine groups is 1. The zero-order chi connectivity index (χ0) is 27.3. The molecule has 0 bridgehead atoms. The zero-order valence-electron chi connectivity index (χ0n) is 20.8. The summed E-state index contributed by atoms with van der Waals surface area (Å²) in [7, 11) is 1.56. The standard InChI is InChI=1S/C28H28Cl2FN3O4/c1-38-21-4-5-24-22(16-21)26(23(30)17-32-24)25(35)6-7-28(27(36)33-37)8-11-34(12-9-28)10-2-3-18-13-19(29)15-20(31)14-18/h4-5,13-17,25,35,37H,6-12H2,1H3,(H,33,36)/t25-/m1/s1. The molecular weight excluding hydrogens is 532 g/mol. The van der Waals surface area contributed by atoms with Crippen molar-refractivity contribution in [3.63, 3.8) is 0 Å². The fourth-order valence-electron chi connectivity index (χ4n) is 4.92. The Balaban J connectivity index is 1.44. The number of likely N-dealkylation sites (tertiary alicyclic amines) is 1. The van der Waals surface area contributed by atoms with Crippen molar-refractivity contribution >= 4 is 40.0 Å². The van der Waals surface area contributed by atoms with Crippen LogP contribution < -0.4 is 10.2 Å². The normalized spacial score (nSPS) is 15.9. The maximum atomic E-state index is 13.5. The van der Waals surface area contributed by atoms with E-state index in [1.807, 2.05) is 5.48 Å². The largest absolute Gasteiger partial charge is 0.497 e. The number of hydrogen-bond acceptors (Lipinski definition) is 6. The van der Waals surface area contributed by atoms with Gasteiger partial charge in [-0.1, -0.05) is 35.0 Å². The number of amides is 1. The summed E-state index contributed by atoms with van der Waals surface area (Å²) in [6.07, 6.45) is 2.08. The Morgan fingerprint density at radius 2 is 2.03 bits per heavy atom. The van der Waals surface area contributed by atoms with E-state index in [2.05, 4.69) is 21.7 Å². The number of methoxy groups -OCH3 is 1. The second-order valence-electron chi connectivity index (χ2n) is 9.41. The maximum absolute atomic E-state index is 13.5. The number of piperidine rings is 1. The van der Waals surface area contributed by atoms with Gasteiger partial charge in [-0.05, 0) is 62.1 Å². The molecule has 1 atom stereocenters. The number of nitrogens with one attached hydrogen (secondary N) is 1. The number of fused-ring (bicyclic) bond motifs is 1. The first-order valence-corrected chi connectivity index (χ1v) is 12.9. The second kappa shape index (κ2) is 12.3. The lowest BCUT2D eigenvalue weighted by Gasteiger charge is -2.40. The third kappa shape index (κ3) is 6.37. The molecule has 3 aromatic rings. The minimum atomic E-state index is -0.953. The van der Waals surface area contributed by atoms with Gasteiger partial charge in [0.15, 0.2) is 0 Å². The van der Waals surface area contributed by atoms with Crippen LogP contribution in [-0.2, 0) is 4.79 Å². The van der Waals surface area contributed by atoms with Gasteiger partial charge < -0.3 is 9.84 Å². The van der Waals surface area contributed by atoms with Gasteiger partial charge >= 0.3 is 0 Å². The molecule has 7 nitrogen and oxygen atoms in total. The topological polar surface area (TPSA) is 94.9 Å². The first kappa shape index (κ1) is 28.1. The number of benzene rings is 2. The molecule has 200 valence electrons. The molecule has 1 saturated heterocycles. The monoisotopic (exact) mass is 559 g/mol. The number of rotatable bonds is 7. The number of carbonyl (C=O) groups is 1. The SMILES string of the molecule is COc1ccc2ncc(Cl)c([C@H](O)CCC3(C(=O)NO)CCN(CC#Cc4cc(F)cc(Cl)c4)CC3)c2c1. The molecule has 0 spiro atoms. The quantitative estimate of drug-likeness (QED) is 0.211. The molecule has 1 amide bonds. The average Bonchev–Trinajstić information content (AvgIpc) is 2.91. The van der Waals surface area contributed by atoms with Crippen LogP contribution in [0.3, 0.4) is 0 Å². The Morgan fingerprint density at radius 1 is 1.26 bits per heavy atom. The lowest BCUT2D eigenvalue weighted by atomic mass is 9.73. The fraction of sp³-hybridized carbons (Fsp3) is 0.357. The smallest absolute Gasteiger partial charge is 0.249 e. The first-order chi connectivity index (χ1) is 18.2. The average molecular weight is 560 g/mol. The first-order valence-electron chi connectivity index (χ1n) is 12.2. The molecule has 1 aliphatic rings. The second-order valence-corrected chi connectivity index (χ2v) is 10.3. The van der Waals surface area contributed by atoms with Crippen LogP contribution in [0.2, 0.25) is 10.0 Å². The third-order valence-corrected chi connectivity index (χ3v) is 7.61. The number of carbonyl (C=O) groups excluding carboxylic acids is 1. The Bertz CT molecular complexity index is 1360. The van der Waals surface area contributed by atoms with E-state index >= 15 is 0 Å². The lowest BCUT2D eigenvalue weighted by molar-refractivity contribution is -0.143. The molecule has 38 heavy (non-hydrogen) atoms. The molecule has 10 heteroatoms. The predicted octanol–water partition coefficient (Wildman–Crippen LogP) is 5.14. The number of pyridine rings is 1. The molecule has 0 saturated carbocycles. The van der Waals surface area contributed by atoms with Crippen molar-refractivity contribution in [1.29, 1.82) is 0 Å². The molecule has 2 heterocycles.